The Hall–Kier alpha value is -1.64. The van der Waals surface area contributed by atoms with Gasteiger partial charge in [0.2, 0.25) is 0 Å². The van der Waals surface area contributed by atoms with E-state index in [1.165, 1.54) is 17.8 Å². The molecule has 0 spiro atoms. The lowest BCUT2D eigenvalue weighted by atomic mass is 10.1. The van der Waals surface area contributed by atoms with Crippen molar-refractivity contribution < 1.29 is 8.42 Å². The predicted molar refractivity (Wildman–Crippen MR) is 93.6 cm³/mol. The minimum absolute atomic E-state index is 0.246. The van der Waals surface area contributed by atoms with E-state index in [0.29, 0.717) is 11.7 Å². The van der Waals surface area contributed by atoms with Crippen LogP contribution in [-0.4, -0.2) is 33.0 Å². The van der Waals surface area contributed by atoms with Crippen molar-refractivity contribution in [1.82, 2.24) is 10.3 Å². The fourth-order valence-corrected chi connectivity index (χ4v) is 4.25. The van der Waals surface area contributed by atoms with Gasteiger partial charge in [-0.2, -0.15) is 0 Å². The fraction of sp³-hybridized carbons (Fsp3) is 0.400. The molecule has 23 heavy (non-hydrogen) atoms. The molecule has 8 heteroatoms. The molecule has 1 saturated heterocycles. The first-order chi connectivity index (χ1) is 11.0. The maximum absolute atomic E-state index is 12.4. The number of aromatic nitrogens is 1. The molecule has 2 heterocycles. The van der Waals surface area contributed by atoms with Crippen LogP contribution in [-0.2, 0) is 10.0 Å². The molecular formula is C15H20N4O2S2. The van der Waals surface area contributed by atoms with Gasteiger partial charge in [0.15, 0.2) is 5.82 Å². The van der Waals surface area contributed by atoms with Crippen molar-refractivity contribution in [3.05, 3.63) is 34.7 Å². The third-order valence-electron chi connectivity index (χ3n) is 3.92. The molecule has 0 aliphatic carbocycles. The Morgan fingerprint density at radius 1 is 1.43 bits per heavy atom. The minimum Gasteiger partial charge on any atom is -0.385 e. The summed E-state index contributed by atoms with van der Waals surface area (Å²) < 4.78 is 27.2. The van der Waals surface area contributed by atoms with Gasteiger partial charge < -0.3 is 10.6 Å². The molecule has 1 fully saturated rings. The Morgan fingerprint density at radius 3 is 2.96 bits per heavy atom. The molecule has 0 bridgehead atoms. The normalized spacial score (nSPS) is 18.0. The topological polar surface area (TPSA) is 83.1 Å². The number of sulfonamides is 1. The summed E-state index contributed by atoms with van der Waals surface area (Å²) >= 11 is 1.35. The van der Waals surface area contributed by atoms with Crippen molar-refractivity contribution in [2.24, 2.45) is 5.92 Å². The van der Waals surface area contributed by atoms with Crippen LogP contribution in [0.1, 0.15) is 12.0 Å². The number of benzene rings is 1. The van der Waals surface area contributed by atoms with E-state index in [4.69, 9.17) is 0 Å². The number of anilines is 2. The van der Waals surface area contributed by atoms with Gasteiger partial charge in [-0.05, 0) is 56.1 Å². The van der Waals surface area contributed by atoms with E-state index in [9.17, 15) is 8.42 Å². The van der Waals surface area contributed by atoms with Crippen LogP contribution in [0, 0.1) is 12.8 Å². The van der Waals surface area contributed by atoms with E-state index in [1.54, 1.807) is 23.0 Å². The van der Waals surface area contributed by atoms with Crippen LogP contribution in [0.15, 0.2) is 34.0 Å². The molecule has 0 unspecified atom stereocenters. The molecule has 1 aromatic carbocycles. The number of nitrogens with zero attached hydrogens (tertiary/aromatic N) is 1. The van der Waals surface area contributed by atoms with Gasteiger partial charge in [0.25, 0.3) is 10.0 Å². The molecule has 1 aromatic heterocycles. The first kappa shape index (κ1) is 16.2. The Balaban J connectivity index is 1.70. The zero-order valence-corrected chi connectivity index (χ0v) is 14.5. The molecular weight excluding hydrogens is 332 g/mol. The molecule has 0 amide bonds. The quantitative estimate of drug-likeness (QED) is 0.743. The SMILES string of the molecule is Cc1cc(S(=O)(=O)Nc2cscn2)ccc1NC[C@H]1CCNC1. The number of rotatable bonds is 6. The second-order valence-electron chi connectivity index (χ2n) is 5.70. The highest BCUT2D eigenvalue weighted by Gasteiger charge is 2.17. The van der Waals surface area contributed by atoms with Crippen LogP contribution in [0.4, 0.5) is 11.5 Å². The van der Waals surface area contributed by atoms with E-state index < -0.39 is 10.0 Å². The summed E-state index contributed by atoms with van der Waals surface area (Å²) in [6.07, 6.45) is 1.18. The molecule has 1 aliphatic rings. The molecule has 0 saturated carbocycles. The summed E-state index contributed by atoms with van der Waals surface area (Å²) in [5, 5.41) is 8.42. The highest BCUT2D eigenvalue weighted by molar-refractivity contribution is 7.92. The van der Waals surface area contributed by atoms with Gasteiger partial charge in [-0.15, -0.1) is 11.3 Å². The van der Waals surface area contributed by atoms with Gasteiger partial charge >= 0.3 is 0 Å². The van der Waals surface area contributed by atoms with Crippen LogP contribution in [0.25, 0.3) is 0 Å². The van der Waals surface area contributed by atoms with Crippen LogP contribution in [0.3, 0.4) is 0 Å². The zero-order chi connectivity index (χ0) is 16.3. The average Bonchev–Trinajstić information content (AvgIpc) is 3.19. The van der Waals surface area contributed by atoms with Crippen molar-refractivity contribution in [2.45, 2.75) is 18.2 Å². The largest absolute Gasteiger partial charge is 0.385 e. The van der Waals surface area contributed by atoms with Crippen LogP contribution in [0.5, 0.6) is 0 Å². The molecule has 1 aliphatic heterocycles. The maximum Gasteiger partial charge on any atom is 0.263 e. The summed E-state index contributed by atoms with van der Waals surface area (Å²) in [4.78, 5) is 4.20. The Bertz CT molecular complexity index is 754. The van der Waals surface area contributed by atoms with Gasteiger partial charge in [-0.3, -0.25) is 4.72 Å². The van der Waals surface area contributed by atoms with E-state index >= 15 is 0 Å². The fourth-order valence-electron chi connectivity index (χ4n) is 2.60. The monoisotopic (exact) mass is 352 g/mol. The Labute approximate surface area is 140 Å². The number of nitrogens with one attached hydrogen (secondary N) is 3. The molecule has 2 aromatic rings. The molecule has 3 rings (SSSR count). The van der Waals surface area contributed by atoms with Gasteiger partial charge in [0.05, 0.1) is 10.4 Å². The van der Waals surface area contributed by atoms with Gasteiger partial charge in [-0.25, -0.2) is 13.4 Å². The predicted octanol–water partition coefficient (Wildman–Crippen LogP) is 2.27. The number of aryl methyl sites for hydroxylation is 1. The number of thiazole rings is 1. The van der Waals surface area contributed by atoms with E-state index in [2.05, 4.69) is 20.3 Å². The Kier molecular flexibility index (Phi) is 4.84. The second kappa shape index (κ2) is 6.86. The van der Waals surface area contributed by atoms with Crippen LogP contribution >= 0.6 is 11.3 Å². The summed E-state index contributed by atoms with van der Waals surface area (Å²) in [6.45, 7) is 4.93. The highest BCUT2D eigenvalue weighted by Crippen LogP contribution is 2.22. The number of hydrogen-bond acceptors (Lipinski definition) is 6. The van der Waals surface area contributed by atoms with Crippen molar-refractivity contribution in [3.63, 3.8) is 0 Å². The maximum atomic E-state index is 12.4. The van der Waals surface area contributed by atoms with Crippen LogP contribution < -0.4 is 15.4 Å². The molecule has 1 atom stereocenters. The molecule has 0 radical (unpaired) electrons. The van der Waals surface area contributed by atoms with E-state index in [-0.39, 0.29) is 4.90 Å². The van der Waals surface area contributed by atoms with Crippen molar-refractivity contribution in [1.29, 1.82) is 0 Å². The first-order valence-electron chi connectivity index (χ1n) is 7.51. The lowest BCUT2D eigenvalue weighted by Crippen LogP contribution is -2.18. The molecule has 124 valence electrons. The summed E-state index contributed by atoms with van der Waals surface area (Å²) in [5.41, 5.74) is 3.48. The second-order valence-corrected chi connectivity index (χ2v) is 8.10. The Morgan fingerprint density at radius 2 is 2.30 bits per heavy atom. The van der Waals surface area contributed by atoms with Crippen molar-refractivity contribution in [3.8, 4) is 0 Å². The van der Waals surface area contributed by atoms with Crippen molar-refractivity contribution in [2.75, 3.05) is 29.7 Å². The third kappa shape index (κ3) is 4.01. The summed E-state index contributed by atoms with van der Waals surface area (Å²) in [6, 6.07) is 5.13. The van der Waals surface area contributed by atoms with E-state index in [1.807, 2.05) is 13.0 Å². The van der Waals surface area contributed by atoms with E-state index in [0.717, 1.165) is 30.9 Å². The standard InChI is InChI=1S/C15H20N4O2S2/c1-11-6-13(23(20,21)19-15-9-22-10-18-15)2-3-14(11)17-8-12-4-5-16-7-12/h2-3,6,9-10,12,16-17,19H,4-5,7-8H2,1H3/t12-/m0/s1. The lowest BCUT2D eigenvalue weighted by Gasteiger charge is -2.14. The minimum atomic E-state index is -3.60. The lowest BCUT2D eigenvalue weighted by molar-refractivity contribution is 0.601. The smallest absolute Gasteiger partial charge is 0.263 e. The zero-order valence-electron chi connectivity index (χ0n) is 12.9. The summed E-state index contributed by atoms with van der Waals surface area (Å²) in [7, 11) is -3.60. The van der Waals surface area contributed by atoms with Gasteiger partial charge in [0, 0.05) is 17.6 Å². The first-order valence-corrected chi connectivity index (χ1v) is 9.93. The van der Waals surface area contributed by atoms with Crippen molar-refractivity contribution >= 4 is 32.9 Å². The highest BCUT2D eigenvalue weighted by atomic mass is 32.2. The third-order valence-corrected chi connectivity index (χ3v) is 5.86. The summed E-state index contributed by atoms with van der Waals surface area (Å²) in [5.74, 6) is 0.979. The number of hydrogen-bond donors (Lipinski definition) is 3. The molecule has 6 nitrogen and oxygen atoms in total. The van der Waals surface area contributed by atoms with Gasteiger partial charge in [-0.1, -0.05) is 0 Å². The molecule has 3 N–H and O–H groups in total. The average molecular weight is 352 g/mol. The van der Waals surface area contributed by atoms with Crippen LogP contribution in [0.2, 0.25) is 0 Å². The van der Waals surface area contributed by atoms with Gasteiger partial charge in [0.1, 0.15) is 0 Å².